The fraction of sp³-hybridized carbons (Fsp3) is 0.900. The van der Waals surface area contributed by atoms with E-state index in [9.17, 15) is 4.79 Å². The second kappa shape index (κ2) is 6.04. The fourth-order valence-corrected chi connectivity index (χ4v) is 0.935. The molecule has 0 aromatic rings. The number of ether oxygens (including phenoxy) is 1. The van der Waals surface area contributed by atoms with Gasteiger partial charge in [-0.25, -0.2) is 0 Å². The molecule has 0 aromatic carbocycles. The van der Waals surface area contributed by atoms with Crippen LogP contribution in [0.25, 0.3) is 0 Å². The lowest BCUT2D eigenvalue weighted by atomic mass is 10.1. The third-order valence-electron chi connectivity index (χ3n) is 1.77. The first-order valence-corrected chi connectivity index (χ1v) is 4.75. The zero-order valence-corrected chi connectivity index (χ0v) is 8.59. The van der Waals surface area contributed by atoms with Gasteiger partial charge >= 0.3 is 5.97 Å². The Morgan fingerprint density at radius 2 is 1.83 bits per heavy atom. The molecule has 0 aliphatic carbocycles. The topological polar surface area (TPSA) is 26.3 Å². The van der Waals surface area contributed by atoms with Gasteiger partial charge in [-0.15, -0.1) is 0 Å². The molecule has 0 saturated heterocycles. The van der Waals surface area contributed by atoms with Gasteiger partial charge in [0.1, 0.15) is 0 Å². The largest absolute Gasteiger partial charge is 0.463 e. The van der Waals surface area contributed by atoms with Crippen LogP contribution in [-0.2, 0) is 9.53 Å². The third-order valence-corrected chi connectivity index (χ3v) is 1.77. The highest BCUT2D eigenvalue weighted by molar-refractivity contribution is 5.69. The zero-order valence-electron chi connectivity index (χ0n) is 8.59. The number of rotatable bonds is 5. The first-order valence-electron chi connectivity index (χ1n) is 4.75. The van der Waals surface area contributed by atoms with E-state index >= 15 is 0 Å². The van der Waals surface area contributed by atoms with Crippen LogP contribution in [-0.4, -0.2) is 12.1 Å². The molecule has 0 aliphatic rings. The van der Waals surface area contributed by atoms with Crippen LogP contribution in [0.2, 0.25) is 0 Å². The van der Waals surface area contributed by atoms with Crippen LogP contribution in [0.3, 0.4) is 0 Å². The quantitative estimate of drug-likeness (QED) is 0.596. The van der Waals surface area contributed by atoms with Gasteiger partial charge in [-0.1, -0.05) is 20.8 Å². The molecule has 0 fully saturated rings. The average Bonchev–Trinajstić information content (AvgIpc) is 2.00. The molecule has 0 radical (unpaired) electrons. The molecule has 72 valence electrons. The van der Waals surface area contributed by atoms with Gasteiger partial charge in [-0.3, -0.25) is 4.79 Å². The van der Waals surface area contributed by atoms with Gasteiger partial charge < -0.3 is 4.74 Å². The van der Waals surface area contributed by atoms with Crippen LogP contribution in [0, 0.1) is 5.92 Å². The fourth-order valence-electron chi connectivity index (χ4n) is 0.935. The molecule has 0 rings (SSSR count). The van der Waals surface area contributed by atoms with Crippen molar-refractivity contribution in [2.45, 2.75) is 53.1 Å². The standard InChI is InChI=1S/C10H20O2/c1-5-10(11)12-9(4)7-6-8(2)3/h8-9H,5-7H2,1-4H3/t9-/m1/s1. The van der Waals surface area contributed by atoms with E-state index in [0.29, 0.717) is 12.3 Å². The molecule has 2 heteroatoms. The molecule has 0 bridgehead atoms. The SMILES string of the molecule is CCC(=O)O[C@H](C)CCC(C)C. The van der Waals surface area contributed by atoms with Gasteiger partial charge in [-0.05, 0) is 25.7 Å². The minimum atomic E-state index is -0.0914. The molecule has 1 atom stereocenters. The molecule has 0 saturated carbocycles. The van der Waals surface area contributed by atoms with Gasteiger partial charge in [-0.2, -0.15) is 0 Å². The average molecular weight is 172 g/mol. The van der Waals surface area contributed by atoms with Crippen molar-refractivity contribution >= 4 is 5.97 Å². The summed E-state index contributed by atoms with van der Waals surface area (Å²) in [4.78, 5) is 10.8. The molecule has 0 amide bonds. The highest BCUT2D eigenvalue weighted by atomic mass is 16.5. The van der Waals surface area contributed by atoms with Crippen molar-refractivity contribution in [3.8, 4) is 0 Å². The van der Waals surface area contributed by atoms with E-state index in [1.54, 1.807) is 0 Å². The lowest BCUT2D eigenvalue weighted by Gasteiger charge is -2.13. The minimum Gasteiger partial charge on any atom is -0.463 e. The summed E-state index contributed by atoms with van der Waals surface area (Å²) in [5.74, 6) is 0.596. The maximum atomic E-state index is 10.8. The van der Waals surface area contributed by atoms with Crippen molar-refractivity contribution < 1.29 is 9.53 Å². The summed E-state index contributed by atoms with van der Waals surface area (Å²) >= 11 is 0. The molecule has 2 nitrogen and oxygen atoms in total. The van der Waals surface area contributed by atoms with Crippen LogP contribution in [0.4, 0.5) is 0 Å². The normalized spacial score (nSPS) is 13.1. The molecular formula is C10H20O2. The maximum Gasteiger partial charge on any atom is 0.305 e. The molecule has 0 unspecified atom stereocenters. The van der Waals surface area contributed by atoms with E-state index in [1.807, 2.05) is 13.8 Å². The van der Waals surface area contributed by atoms with Gasteiger partial charge in [0.25, 0.3) is 0 Å². The van der Waals surface area contributed by atoms with Gasteiger partial charge in [0.05, 0.1) is 6.10 Å². The highest BCUT2D eigenvalue weighted by Gasteiger charge is 2.07. The first-order chi connectivity index (χ1) is 5.56. The second-order valence-corrected chi connectivity index (χ2v) is 3.63. The summed E-state index contributed by atoms with van der Waals surface area (Å²) in [6.07, 6.45) is 2.66. The van der Waals surface area contributed by atoms with E-state index in [2.05, 4.69) is 13.8 Å². The maximum absolute atomic E-state index is 10.8. The minimum absolute atomic E-state index is 0.0832. The molecule has 0 N–H and O–H groups in total. The summed E-state index contributed by atoms with van der Waals surface area (Å²) in [7, 11) is 0. The van der Waals surface area contributed by atoms with Crippen molar-refractivity contribution in [2.24, 2.45) is 5.92 Å². The molecular weight excluding hydrogens is 152 g/mol. The highest BCUT2D eigenvalue weighted by Crippen LogP contribution is 2.09. The number of esters is 1. The van der Waals surface area contributed by atoms with Crippen molar-refractivity contribution in [3.05, 3.63) is 0 Å². The van der Waals surface area contributed by atoms with Crippen LogP contribution >= 0.6 is 0 Å². The lowest BCUT2D eigenvalue weighted by molar-refractivity contribution is -0.148. The Hall–Kier alpha value is -0.530. The van der Waals surface area contributed by atoms with E-state index in [4.69, 9.17) is 4.74 Å². The molecule has 0 aromatic heterocycles. The molecule has 12 heavy (non-hydrogen) atoms. The Morgan fingerprint density at radius 1 is 1.25 bits per heavy atom. The van der Waals surface area contributed by atoms with Crippen molar-refractivity contribution in [2.75, 3.05) is 0 Å². The van der Waals surface area contributed by atoms with Crippen molar-refractivity contribution in [3.63, 3.8) is 0 Å². The summed E-state index contributed by atoms with van der Waals surface area (Å²) in [6, 6.07) is 0. The number of hydrogen-bond donors (Lipinski definition) is 0. The number of carbonyl (C=O) groups excluding carboxylic acids is 1. The summed E-state index contributed by atoms with van der Waals surface area (Å²) < 4.78 is 5.11. The Kier molecular flexibility index (Phi) is 5.77. The Balaban J connectivity index is 3.45. The van der Waals surface area contributed by atoms with E-state index < -0.39 is 0 Å². The van der Waals surface area contributed by atoms with Crippen LogP contribution in [0.1, 0.15) is 47.0 Å². The Labute approximate surface area is 75.3 Å². The van der Waals surface area contributed by atoms with E-state index in [-0.39, 0.29) is 12.1 Å². The molecule has 0 aliphatic heterocycles. The molecule has 0 spiro atoms. The van der Waals surface area contributed by atoms with E-state index in [0.717, 1.165) is 12.8 Å². The second-order valence-electron chi connectivity index (χ2n) is 3.63. The predicted octanol–water partition coefficient (Wildman–Crippen LogP) is 2.76. The zero-order chi connectivity index (χ0) is 9.56. The number of carbonyl (C=O) groups is 1. The predicted molar refractivity (Wildman–Crippen MR) is 49.9 cm³/mol. The van der Waals surface area contributed by atoms with Crippen LogP contribution in [0.5, 0.6) is 0 Å². The smallest absolute Gasteiger partial charge is 0.305 e. The summed E-state index contributed by atoms with van der Waals surface area (Å²) in [5, 5.41) is 0. The monoisotopic (exact) mass is 172 g/mol. The Morgan fingerprint density at radius 3 is 2.25 bits per heavy atom. The van der Waals surface area contributed by atoms with E-state index in [1.165, 1.54) is 0 Å². The van der Waals surface area contributed by atoms with Crippen molar-refractivity contribution in [1.82, 2.24) is 0 Å². The number of hydrogen-bond acceptors (Lipinski definition) is 2. The van der Waals surface area contributed by atoms with Crippen LogP contribution in [0.15, 0.2) is 0 Å². The van der Waals surface area contributed by atoms with Gasteiger partial charge in [0, 0.05) is 6.42 Å². The summed E-state index contributed by atoms with van der Waals surface area (Å²) in [5.41, 5.74) is 0. The van der Waals surface area contributed by atoms with Crippen LogP contribution < -0.4 is 0 Å². The lowest BCUT2D eigenvalue weighted by Crippen LogP contribution is -2.14. The third kappa shape index (κ3) is 6.20. The summed E-state index contributed by atoms with van der Waals surface area (Å²) in [6.45, 7) is 8.12. The first kappa shape index (κ1) is 11.5. The van der Waals surface area contributed by atoms with Gasteiger partial charge in [0.15, 0.2) is 0 Å². The molecule has 0 heterocycles. The van der Waals surface area contributed by atoms with Gasteiger partial charge in [0.2, 0.25) is 0 Å². The Bertz CT molecular complexity index is 130. The van der Waals surface area contributed by atoms with Crippen molar-refractivity contribution in [1.29, 1.82) is 0 Å².